The highest BCUT2D eigenvalue weighted by atomic mass is 35.5. The van der Waals surface area contributed by atoms with E-state index in [4.69, 9.17) is 69.6 Å². The first-order valence-electron chi connectivity index (χ1n) is 11.4. The molecular weight excluding hydrogens is 669 g/mol. The van der Waals surface area contributed by atoms with Crippen LogP contribution in [0.5, 0.6) is 0 Å². The van der Waals surface area contributed by atoms with Gasteiger partial charge in [0.2, 0.25) is 0 Å². The van der Waals surface area contributed by atoms with Crippen molar-refractivity contribution in [1.82, 2.24) is 0 Å². The Labute approximate surface area is 270 Å². The maximum atomic E-state index is 10.9. The predicted molar refractivity (Wildman–Crippen MR) is 166 cm³/mol. The minimum atomic E-state index is -0.602. The van der Waals surface area contributed by atoms with E-state index in [1.807, 2.05) is 0 Å². The van der Waals surface area contributed by atoms with Crippen LogP contribution in [0.4, 0.5) is 0 Å². The van der Waals surface area contributed by atoms with Gasteiger partial charge in [0, 0.05) is 33.4 Å². The van der Waals surface area contributed by atoms with Gasteiger partial charge in [0.05, 0.1) is 0 Å². The summed E-state index contributed by atoms with van der Waals surface area (Å²) < 4.78 is 0. The van der Waals surface area contributed by atoms with Crippen LogP contribution in [-0.4, -0.2) is 31.5 Å². The largest absolute Gasteiger partial charge is 0.276 e. The molecule has 0 radical (unpaired) electrons. The highest BCUT2D eigenvalue weighted by Gasteiger charge is 2.07. The molecule has 214 valence electrons. The molecule has 0 heterocycles. The Bertz CT molecular complexity index is 1500. The highest BCUT2D eigenvalue weighted by Crippen LogP contribution is 2.21. The van der Waals surface area contributed by atoms with Gasteiger partial charge in [-0.3, -0.25) is 28.8 Å². The topological polar surface area (TPSA) is 102 Å². The van der Waals surface area contributed by atoms with Gasteiger partial charge in [-0.25, -0.2) is 0 Å². The van der Waals surface area contributed by atoms with Crippen LogP contribution in [0, 0.1) is 0 Å². The minimum Gasteiger partial charge on any atom is -0.276 e. The van der Waals surface area contributed by atoms with Crippen LogP contribution >= 0.6 is 69.6 Å². The molecule has 0 aliphatic heterocycles. The first kappa shape index (κ1) is 34.8. The Morgan fingerprint density at radius 1 is 0.310 bits per heavy atom. The maximum absolute atomic E-state index is 10.9. The summed E-state index contributed by atoms with van der Waals surface area (Å²) in [5, 5.41) is -3.27. The van der Waals surface area contributed by atoms with Crippen molar-refractivity contribution >= 4 is 101 Å². The maximum Gasteiger partial charge on any atom is 0.252 e. The van der Waals surface area contributed by atoms with Crippen LogP contribution in [-0.2, 0) is 0 Å². The molecule has 12 heteroatoms. The summed E-state index contributed by atoms with van der Waals surface area (Å²) in [5.41, 5.74) is 4.00. The number of rotatable bonds is 7. The van der Waals surface area contributed by atoms with Crippen molar-refractivity contribution in [3.8, 4) is 11.1 Å². The lowest BCUT2D eigenvalue weighted by molar-refractivity contribution is 0.106. The van der Waals surface area contributed by atoms with Gasteiger partial charge in [-0.15, -0.1) is 0 Å². The van der Waals surface area contributed by atoms with Gasteiger partial charge in [0.25, 0.3) is 31.5 Å². The van der Waals surface area contributed by atoms with E-state index in [-0.39, 0.29) is 11.1 Å². The fourth-order valence-corrected chi connectivity index (χ4v) is 3.82. The van der Waals surface area contributed by atoms with Crippen molar-refractivity contribution in [3.63, 3.8) is 0 Å². The van der Waals surface area contributed by atoms with E-state index in [1.54, 1.807) is 54.6 Å². The molecule has 0 atom stereocenters. The molecule has 4 aromatic carbocycles. The summed E-state index contributed by atoms with van der Waals surface area (Å²) in [6.45, 7) is 0. The molecule has 0 bridgehead atoms. The molecule has 0 unspecified atom stereocenters. The Hall–Kier alpha value is -3.36. The molecule has 0 fully saturated rings. The molecule has 6 nitrogen and oxygen atoms in total. The lowest BCUT2D eigenvalue weighted by atomic mass is 10.0. The van der Waals surface area contributed by atoms with Gasteiger partial charge >= 0.3 is 0 Å². The zero-order valence-corrected chi connectivity index (χ0v) is 25.5. The molecule has 42 heavy (non-hydrogen) atoms. The molecule has 4 rings (SSSR count). The van der Waals surface area contributed by atoms with Crippen LogP contribution in [0.25, 0.3) is 11.1 Å². The molecule has 0 aliphatic rings. The van der Waals surface area contributed by atoms with Gasteiger partial charge in [0.15, 0.2) is 0 Å². The molecule has 0 aromatic heterocycles. The second-order valence-electron chi connectivity index (χ2n) is 7.96. The number of halogens is 6. The number of hydrogen-bond acceptors (Lipinski definition) is 6. The second kappa shape index (κ2) is 16.9. The Balaban J connectivity index is 0.000000228. The average Bonchev–Trinajstić information content (AvgIpc) is 2.98. The molecular formula is C30H16Cl6O6. The van der Waals surface area contributed by atoms with Crippen LogP contribution in [0.15, 0.2) is 97.1 Å². The summed E-state index contributed by atoms with van der Waals surface area (Å²) >= 11 is 31.5. The van der Waals surface area contributed by atoms with Crippen molar-refractivity contribution in [2.24, 2.45) is 0 Å². The van der Waals surface area contributed by atoms with Crippen molar-refractivity contribution in [3.05, 3.63) is 130 Å². The molecule has 4 aromatic rings. The Morgan fingerprint density at radius 3 is 0.738 bits per heavy atom. The summed E-state index contributed by atoms with van der Waals surface area (Å²) in [7, 11) is 0. The van der Waals surface area contributed by atoms with E-state index in [1.165, 1.54) is 42.5 Å². The third-order valence-electron chi connectivity index (χ3n) is 5.21. The van der Waals surface area contributed by atoms with Crippen molar-refractivity contribution in [2.45, 2.75) is 0 Å². The van der Waals surface area contributed by atoms with E-state index in [9.17, 15) is 28.8 Å². The highest BCUT2D eigenvalue weighted by molar-refractivity contribution is 6.70. The van der Waals surface area contributed by atoms with Gasteiger partial charge in [-0.2, -0.15) is 0 Å². The van der Waals surface area contributed by atoms with Gasteiger partial charge in [-0.1, -0.05) is 42.5 Å². The lowest BCUT2D eigenvalue weighted by Gasteiger charge is -2.03. The molecule has 0 spiro atoms. The number of carbonyl (C=O) groups excluding carboxylic acids is 6. The zero-order chi connectivity index (χ0) is 31.4. The van der Waals surface area contributed by atoms with Crippen molar-refractivity contribution in [1.29, 1.82) is 0 Å². The van der Waals surface area contributed by atoms with E-state index >= 15 is 0 Å². The number of benzene rings is 4. The Morgan fingerprint density at radius 2 is 0.524 bits per heavy atom. The standard InChI is InChI=1S/C14H8Cl2O2.2C8H4Cl2O2/c15-13(17)11-5-1-9(2-6-11)10-3-7-12(8-4-10)14(16)18;9-7(11)5-1-2-6(4-3-5)8(10)12;9-7(11)5-2-1-3-6(4-5)8(10)12/h1-8H;2*1-4H. The lowest BCUT2D eigenvalue weighted by Crippen LogP contribution is -1.93. The fourth-order valence-electron chi connectivity index (χ4n) is 3.08. The fraction of sp³-hybridized carbons (Fsp3) is 0. The Kier molecular flexibility index (Phi) is 14.0. The number of hydrogen-bond donors (Lipinski definition) is 0. The monoisotopic (exact) mass is 682 g/mol. The third kappa shape index (κ3) is 11.1. The molecule has 0 amide bonds. The van der Waals surface area contributed by atoms with E-state index in [2.05, 4.69) is 0 Å². The zero-order valence-electron chi connectivity index (χ0n) is 21.0. The summed E-state index contributed by atoms with van der Waals surface area (Å²) in [6.07, 6.45) is 0. The summed E-state index contributed by atoms with van der Waals surface area (Å²) in [4.78, 5) is 64.3. The minimum absolute atomic E-state index is 0.267. The first-order valence-corrected chi connectivity index (χ1v) is 13.7. The van der Waals surface area contributed by atoms with E-state index < -0.39 is 31.5 Å². The van der Waals surface area contributed by atoms with Crippen molar-refractivity contribution in [2.75, 3.05) is 0 Å². The van der Waals surface area contributed by atoms with Gasteiger partial charge in [-0.05, 0) is 135 Å². The normalized spacial score (nSPS) is 9.76. The molecule has 0 saturated heterocycles. The average molecular weight is 685 g/mol. The summed E-state index contributed by atoms with van der Waals surface area (Å²) in [5.74, 6) is 0. The molecule has 0 N–H and O–H groups in total. The quantitative estimate of drug-likeness (QED) is 0.180. The van der Waals surface area contributed by atoms with Crippen LogP contribution in [0.3, 0.4) is 0 Å². The van der Waals surface area contributed by atoms with Crippen LogP contribution < -0.4 is 0 Å². The van der Waals surface area contributed by atoms with E-state index in [0.29, 0.717) is 22.3 Å². The smallest absolute Gasteiger partial charge is 0.252 e. The predicted octanol–water partition coefficient (Wildman–Crippen LogP) is 9.00. The third-order valence-corrected chi connectivity index (χ3v) is 6.52. The number of carbonyl (C=O) groups is 6. The van der Waals surface area contributed by atoms with E-state index in [0.717, 1.165) is 11.1 Å². The SMILES string of the molecule is O=C(Cl)c1ccc(-c2ccc(C(=O)Cl)cc2)cc1.O=C(Cl)c1ccc(C(=O)Cl)cc1.O=C(Cl)c1cccc(C(=O)Cl)c1. The molecule has 0 saturated carbocycles. The molecule has 0 aliphatic carbocycles. The second-order valence-corrected chi connectivity index (χ2v) is 10.0. The first-order chi connectivity index (χ1) is 19.8. The van der Waals surface area contributed by atoms with Crippen LogP contribution in [0.1, 0.15) is 62.1 Å². The van der Waals surface area contributed by atoms with Crippen molar-refractivity contribution < 1.29 is 28.8 Å². The van der Waals surface area contributed by atoms with Gasteiger partial charge in [0.1, 0.15) is 0 Å². The summed E-state index contributed by atoms with van der Waals surface area (Å²) in [6, 6.07) is 25.5. The van der Waals surface area contributed by atoms with Gasteiger partial charge < -0.3 is 0 Å². The van der Waals surface area contributed by atoms with Crippen LogP contribution in [0.2, 0.25) is 0 Å².